The maximum absolute atomic E-state index is 12.1. The van der Waals surface area contributed by atoms with Gasteiger partial charge in [0.05, 0.1) is 23.5 Å². The quantitative estimate of drug-likeness (QED) is 0.581. The van der Waals surface area contributed by atoms with Crippen molar-refractivity contribution in [2.45, 2.75) is 12.8 Å². The summed E-state index contributed by atoms with van der Waals surface area (Å²) in [5.74, 6) is -1.37. The molecule has 0 aromatic heterocycles. The molecule has 8 heteroatoms. The van der Waals surface area contributed by atoms with Gasteiger partial charge in [0.25, 0.3) is 11.8 Å². The van der Waals surface area contributed by atoms with Crippen LogP contribution < -0.4 is 0 Å². The number of hydrogen-bond donors (Lipinski definition) is 0. The Balaban J connectivity index is 1.69. The lowest BCUT2D eigenvalue weighted by Gasteiger charge is -2.18. The summed E-state index contributed by atoms with van der Waals surface area (Å²) in [5, 5.41) is 0.709. The van der Waals surface area contributed by atoms with Gasteiger partial charge in [-0.15, -0.1) is 5.06 Å². The summed E-state index contributed by atoms with van der Waals surface area (Å²) in [5.41, 5.74) is 0.584. The number of imide groups is 1. The molecule has 118 valence electrons. The SMILES string of the molecule is O=C1c2ccccc2C(=O)N1OCC(CS(=O)(=O)Cl)C1CC1. The van der Waals surface area contributed by atoms with Crippen molar-refractivity contribution in [3.05, 3.63) is 35.4 Å². The zero-order valence-electron chi connectivity index (χ0n) is 11.6. The molecule has 2 aliphatic rings. The minimum atomic E-state index is -3.65. The Bertz CT molecular complexity index is 694. The molecule has 1 aromatic rings. The van der Waals surface area contributed by atoms with Gasteiger partial charge in [0.1, 0.15) is 0 Å². The van der Waals surface area contributed by atoms with E-state index in [9.17, 15) is 18.0 Å². The second-order valence-corrected chi connectivity index (χ2v) is 8.37. The maximum Gasteiger partial charge on any atom is 0.285 e. The minimum Gasteiger partial charge on any atom is -0.266 e. The molecule has 1 unspecified atom stereocenters. The first-order valence-electron chi connectivity index (χ1n) is 6.90. The Morgan fingerprint density at radius 2 is 1.73 bits per heavy atom. The lowest BCUT2D eigenvalue weighted by molar-refractivity contribution is -0.103. The molecule has 2 amide bonds. The van der Waals surface area contributed by atoms with Gasteiger partial charge in [0, 0.05) is 16.6 Å². The smallest absolute Gasteiger partial charge is 0.266 e. The summed E-state index contributed by atoms with van der Waals surface area (Å²) in [7, 11) is 1.64. The number of rotatable bonds is 6. The summed E-state index contributed by atoms with van der Waals surface area (Å²) in [6, 6.07) is 6.45. The van der Waals surface area contributed by atoms with E-state index < -0.39 is 20.9 Å². The Hall–Kier alpha value is -1.44. The van der Waals surface area contributed by atoms with E-state index in [1.165, 1.54) is 0 Å². The van der Waals surface area contributed by atoms with E-state index in [2.05, 4.69) is 0 Å². The predicted octanol–water partition coefficient (Wildman–Crippen LogP) is 1.81. The molecule has 1 aliphatic heterocycles. The number of fused-ring (bicyclic) bond motifs is 1. The normalized spacial score (nSPS) is 19.4. The van der Waals surface area contributed by atoms with E-state index in [1.807, 2.05) is 0 Å². The molecule has 1 aromatic carbocycles. The van der Waals surface area contributed by atoms with Gasteiger partial charge in [-0.25, -0.2) is 8.42 Å². The van der Waals surface area contributed by atoms with Crippen molar-refractivity contribution in [1.29, 1.82) is 0 Å². The summed E-state index contributed by atoms with van der Waals surface area (Å²) in [4.78, 5) is 29.6. The van der Waals surface area contributed by atoms with Crippen molar-refractivity contribution in [3.8, 4) is 0 Å². The van der Waals surface area contributed by atoms with Crippen LogP contribution in [-0.2, 0) is 13.9 Å². The third-order valence-electron chi connectivity index (χ3n) is 3.88. The van der Waals surface area contributed by atoms with Crippen LogP contribution in [-0.4, -0.2) is 37.7 Å². The van der Waals surface area contributed by atoms with Crippen LogP contribution in [0.1, 0.15) is 33.6 Å². The molecule has 6 nitrogen and oxygen atoms in total. The van der Waals surface area contributed by atoms with Crippen molar-refractivity contribution in [1.82, 2.24) is 5.06 Å². The zero-order valence-corrected chi connectivity index (χ0v) is 13.1. The van der Waals surface area contributed by atoms with Crippen LogP contribution in [0.5, 0.6) is 0 Å². The maximum atomic E-state index is 12.1. The Morgan fingerprint density at radius 3 is 2.18 bits per heavy atom. The first-order valence-corrected chi connectivity index (χ1v) is 9.38. The standard InChI is InChI=1S/C14H14ClNO5S/c15-22(19,20)8-10(9-5-6-9)7-21-16-13(17)11-3-1-2-4-12(11)14(16)18/h1-4,9-10H,5-8H2. The molecule has 1 saturated carbocycles. The monoisotopic (exact) mass is 343 g/mol. The molecule has 0 saturated heterocycles. The van der Waals surface area contributed by atoms with Gasteiger partial charge in [-0.1, -0.05) is 12.1 Å². The Labute approximate surface area is 132 Å². The number of carbonyl (C=O) groups is 2. The van der Waals surface area contributed by atoms with Crippen LogP contribution in [0.3, 0.4) is 0 Å². The highest BCUT2D eigenvalue weighted by Crippen LogP contribution is 2.38. The van der Waals surface area contributed by atoms with Gasteiger partial charge in [-0.3, -0.25) is 14.4 Å². The second-order valence-electron chi connectivity index (χ2n) is 5.55. The fraction of sp³-hybridized carbons (Fsp3) is 0.429. The van der Waals surface area contributed by atoms with E-state index in [-0.39, 0.29) is 24.2 Å². The van der Waals surface area contributed by atoms with Crippen LogP contribution in [0.25, 0.3) is 0 Å². The summed E-state index contributed by atoms with van der Waals surface area (Å²) < 4.78 is 22.5. The van der Waals surface area contributed by atoms with Crippen LogP contribution >= 0.6 is 10.7 Å². The summed E-state index contributed by atoms with van der Waals surface area (Å²) in [6.07, 6.45) is 1.81. The fourth-order valence-corrected chi connectivity index (χ4v) is 3.96. The van der Waals surface area contributed by atoms with Gasteiger partial charge in [0.2, 0.25) is 9.05 Å². The van der Waals surface area contributed by atoms with E-state index >= 15 is 0 Å². The Kier molecular flexibility index (Phi) is 3.96. The van der Waals surface area contributed by atoms with Crippen molar-refractivity contribution < 1.29 is 22.8 Å². The molecule has 1 fully saturated rings. The molecule has 0 radical (unpaired) electrons. The van der Waals surface area contributed by atoms with Gasteiger partial charge in [-0.05, 0) is 30.9 Å². The zero-order chi connectivity index (χ0) is 15.9. The number of nitrogens with zero attached hydrogens (tertiary/aromatic N) is 1. The molecule has 1 atom stereocenters. The van der Waals surface area contributed by atoms with Gasteiger partial charge < -0.3 is 0 Å². The van der Waals surface area contributed by atoms with E-state index in [1.54, 1.807) is 24.3 Å². The third-order valence-corrected chi connectivity index (χ3v) is 5.08. The fourth-order valence-electron chi connectivity index (χ4n) is 2.60. The Morgan fingerprint density at radius 1 is 1.18 bits per heavy atom. The molecule has 3 rings (SSSR count). The number of hydrogen-bond acceptors (Lipinski definition) is 5. The number of carbonyl (C=O) groups excluding carboxylic acids is 2. The predicted molar refractivity (Wildman–Crippen MR) is 78.7 cm³/mol. The number of hydroxylamine groups is 2. The largest absolute Gasteiger partial charge is 0.285 e. The van der Waals surface area contributed by atoms with Crippen molar-refractivity contribution in [2.75, 3.05) is 12.4 Å². The van der Waals surface area contributed by atoms with Crippen LogP contribution in [0.2, 0.25) is 0 Å². The molecule has 1 heterocycles. The topological polar surface area (TPSA) is 80.8 Å². The average molecular weight is 344 g/mol. The summed E-state index contributed by atoms with van der Waals surface area (Å²) >= 11 is 0. The van der Waals surface area contributed by atoms with Gasteiger partial charge in [-0.2, -0.15) is 0 Å². The van der Waals surface area contributed by atoms with Crippen molar-refractivity contribution in [2.24, 2.45) is 11.8 Å². The minimum absolute atomic E-state index is 0.0257. The first-order chi connectivity index (χ1) is 10.4. The molecule has 0 spiro atoms. The lowest BCUT2D eigenvalue weighted by Crippen LogP contribution is -2.33. The van der Waals surface area contributed by atoms with Crippen molar-refractivity contribution in [3.63, 3.8) is 0 Å². The third kappa shape index (κ3) is 3.16. The van der Waals surface area contributed by atoms with Crippen LogP contribution in [0, 0.1) is 11.8 Å². The van der Waals surface area contributed by atoms with E-state index in [0.717, 1.165) is 12.8 Å². The highest BCUT2D eigenvalue weighted by atomic mass is 35.7. The molecule has 1 aliphatic carbocycles. The number of benzene rings is 1. The molecule has 22 heavy (non-hydrogen) atoms. The first kappa shape index (κ1) is 15.5. The number of amides is 2. The van der Waals surface area contributed by atoms with Crippen LogP contribution in [0.4, 0.5) is 0 Å². The van der Waals surface area contributed by atoms with Crippen LogP contribution in [0.15, 0.2) is 24.3 Å². The van der Waals surface area contributed by atoms with Gasteiger partial charge in [0.15, 0.2) is 0 Å². The molecular formula is C14H14ClNO5S. The molecule has 0 N–H and O–H groups in total. The molecule has 0 bridgehead atoms. The van der Waals surface area contributed by atoms with Crippen molar-refractivity contribution >= 4 is 31.5 Å². The van der Waals surface area contributed by atoms with E-state index in [0.29, 0.717) is 16.2 Å². The highest BCUT2D eigenvalue weighted by Gasteiger charge is 2.39. The highest BCUT2D eigenvalue weighted by molar-refractivity contribution is 8.13. The van der Waals surface area contributed by atoms with Gasteiger partial charge >= 0.3 is 0 Å². The lowest BCUT2D eigenvalue weighted by atomic mass is 10.1. The second kappa shape index (κ2) is 5.64. The average Bonchev–Trinajstić information content (AvgIpc) is 3.25. The summed E-state index contributed by atoms with van der Waals surface area (Å²) in [6.45, 7) is -0.0257. The van der Waals surface area contributed by atoms with E-state index in [4.69, 9.17) is 15.5 Å². The molecular weight excluding hydrogens is 330 g/mol. The number of halogens is 1.